The Bertz CT molecular complexity index is 586. The van der Waals surface area contributed by atoms with Gasteiger partial charge in [0.1, 0.15) is 0 Å². The Balaban J connectivity index is 0.00000450. The maximum absolute atomic E-state index is 4.81. The highest BCUT2D eigenvalue weighted by molar-refractivity contribution is 14.0. The Morgan fingerprint density at radius 3 is 2.40 bits per heavy atom. The summed E-state index contributed by atoms with van der Waals surface area (Å²) in [6.45, 7) is 16.2. The molecule has 1 aromatic carbocycles. The molecular formula is C23H42IN5S. The van der Waals surface area contributed by atoms with Crippen molar-refractivity contribution in [3.8, 4) is 0 Å². The molecule has 1 saturated heterocycles. The van der Waals surface area contributed by atoms with E-state index >= 15 is 0 Å². The van der Waals surface area contributed by atoms with Crippen LogP contribution >= 0.6 is 35.7 Å². The van der Waals surface area contributed by atoms with Crippen LogP contribution in [-0.2, 0) is 6.54 Å². The largest absolute Gasteiger partial charge is 0.370 e. The van der Waals surface area contributed by atoms with Crippen LogP contribution in [-0.4, -0.2) is 67.7 Å². The summed E-state index contributed by atoms with van der Waals surface area (Å²) in [6.07, 6.45) is 2.37. The van der Waals surface area contributed by atoms with Crippen molar-refractivity contribution in [3.05, 3.63) is 29.8 Å². The molecule has 1 aromatic rings. The van der Waals surface area contributed by atoms with Gasteiger partial charge in [-0.2, -0.15) is 11.8 Å². The molecule has 7 heteroatoms. The lowest BCUT2D eigenvalue weighted by Gasteiger charge is -2.28. The van der Waals surface area contributed by atoms with Crippen LogP contribution < -0.4 is 15.5 Å². The molecule has 1 fully saturated rings. The fraction of sp³-hybridized carbons (Fsp3) is 0.696. The van der Waals surface area contributed by atoms with Crippen molar-refractivity contribution >= 4 is 47.4 Å². The van der Waals surface area contributed by atoms with Gasteiger partial charge in [0.15, 0.2) is 5.96 Å². The first-order valence-electron chi connectivity index (χ1n) is 11.3. The van der Waals surface area contributed by atoms with E-state index in [0.29, 0.717) is 12.6 Å². The van der Waals surface area contributed by atoms with Gasteiger partial charge in [0.25, 0.3) is 0 Å². The van der Waals surface area contributed by atoms with Crippen LogP contribution in [0.3, 0.4) is 0 Å². The van der Waals surface area contributed by atoms with Crippen LogP contribution in [0.4, 0.5) is 5.69 Å². The van der Waals surface area contributed by atoms with Crippen molar-refractivity contribution in [2.75, 3.05) is 55.7 Å². The normalized spacial score (nSPS) is 15.6. The topological polar surface area (TPSA) is 42.9 Å². The van der Waals surface area contributed by atoms with Gasteiger partial charge in [-0.3, -0.25) is 0 Å². The Morgan fingerprint density at radius 1 is 1.13 bits per heavy atom. The van der Waals surface area contributed by atoms with E-state index in [1.165, 1.54) is 35.7 Å². The summed E-state index contributed by atoms with van der Waals surface area (Å²) in [5, 5.41) is 6.96. The van der Waals surface area contributed by atoms with Crippen LogP contribution in [0.15, 0.2) is 29.3 Å². The molecule has 30 heavy (non-hydrogen) atoms. The van der Waals surface area contributed by atoms with E-state index in [2.05, 4.69) is 72.4 Å². The number of hydrogen-bond donors (Lipinski definition) is 2. The summed E-state index contributed by atoms with van der Waals surface area (Å²) in [5.41, 5.74) is 2.59. The summed E-state index contributed by atoms with van der Waals surface area (Å²) in [6, 6.07) is 9.35. The van der Waals surface area contributed by atoms with E-state index < -0.39 is 0 Å². The highest BCUT2D eigenvalue weighted by atomic mass is 127. The fourth-order valence-corrected chi connectivity index (χ4v) is 4.49. The predicted octanol–water partition coefficient (Wildman–Crippen LogP) is 4.42. The zero-order chi connectivity index (χ0) is 20.9. The molecule has 0 saturated carbocycles. The maximum Gasteiger partial charge on any atom is 0.191 e. The van der Waals surface area contributed by atoms with Crippen molar-refractivity contribution in [2.24, 2.45) is 4.99 Å². The van der Waals surface area contributed by atoms with Crippen LogP contribution in [0.2, 0.25) is 0 Å². The number of guanidine groups is 1. The number of halogens is 1. The molecule has 1 heterocycles. The van der Waals surface area contributed by atoms with Gasteiger partial charge in [0.2, 0.25) is 0 Å². The number of aliphatic imine (C=N–C) groups is 1. The van der Waals surface area contributed by atoms with Gasteiger partial charge in [0, 0.05) is 42.9 Å². The van der Waals surface area contributed by atoms with Crippen molar-refractivity contribution in [3.63, 3.8) is 0 Å². The van der Waals surface area contributed by atoms with Crippen molar-refractivity contribution in [1.29, 1.82) is 0 Å². The third-order valence-corrected chi connectivity index (χ3v) is 6.41. The molecule has 1 aliphatic rings. The van der Waals surface area contributed by atoms with Crippen LogP contribution in [0.5, 0.6) is 0 Å². The summed E-state index contributed by atoms with van der Waals surface area (Å²) in [5.74, 6) is 3.38. The van der Waals surface area contributed by atoms with E-state index in [9.17, 15) is 0 Å². The quantitative estimate of drug-likeness (QED) is 0.244. The SMILES string of the molecule is CCNC(=NCc1ccc(N2CCSCC2)cc1)NC(C)CCCN(CC)CC.I. The third-order valence-electron chi connectivity index (χ3n) is 5.47. The molecule has 5 nitrogen and oxygen atoms in total. The molecule has 172 valence electrons. The number of nitrogens with one attached hydrogen (secondary N) is 2. The van der Waals surface area contributed by atoms with Crippen molar-refractivity contribution in [2.45, 2.75) is 53.1 Å². The van der Waals surface area contributed by atoms with Gasteiger partial charge in [0.05, 0.1) is 6.54 Å². The number of nitrogens with zero attached hydrogens (tertiary/aromatic N) is 3. The molecule has 0 aliphatic carbocycles. The third kappa shape index (κ3) is 10.1. The molecular weight excluding hydrogens is 505 g/mol. The number of rotatable bonds is 11. The number of thioether (sulfide) groups is 1. The maximum atomic E-state index is 4.81. The van der Waals surface area contributed by atoms with E-state index in [1.807, 2.05) is 11.8 Å². The molecule has 0 amide bonds. The molecule has 0 radical (unpaired) electrons. The number of hydrogen-bond acceptors (Lipinski definition) is 4. The monoisotopic (exact) mass is 547 g/mol. The zero-order valence-corrected chi connectivity index (χ0v) is 22.5. The summed E-state index contributed by atoms with van der Waals surface area (Å²) in [7, 11) is 0. The van der Waals surface area contributed by atoms with Crippen molar-refractivity contribution < 1.29 is 0 Å². The highest BCUT2D eigenvalue weighted by Gasteiger charge is 2.11. The Labute approximate surface area is 205 Å². The predicted molar refractivity (Wildman–Crippen MR) is 146 cm³/mol. The van der Waals surface area contributed by atoms with Gasteiger partial charge in [-0.1, -0.05) is 26.0 Å². The lowest BCUT2D eigenvalue weighted by atomic mass is 10.1. The molecule has 0 spiro atoms. The Kier molecular flexibility index (Phi) is 14.6. The van der Waals surface area contributed by atoms with Gasteiger partial charge in [-0.25, -0.2) is 4.99 Å². The molecule has 1 atom stereocenters. The van der Waals surface area contributed by atoms with E-state index in [-0.39, 0.29) is 24.0 Å². The zero-order valence-electron chi connectivity index (χ0n) is 19.3. The number of anilines is 1. The second-order valence-electron chi connectivity index (χ2n) is 7.68. The van der Waals surface area contributed by atoms with E-state index in [0.717, 1.165) is 45.1 Å². The smallest absolute Gasteiger partial charge is 0.191 e. The first kappa shape index (κ1) is 27.4. The second kappa shape index (κ2) is 16.0. The Morgan fingerprint density at radius 2 is 1.80 bits per heavy atom. The van der Waals surface area contributed by atoms with E-state index in [4.69, 9.17) is 4.99 Å². The summed E-state index contributed by atoms with van der Waals surface area (Å²) >= 11 is 2.05. The molecule has 1 unspecified atom stereocenters. The minimum absolute atomic E-state index is 0. The van der Waals surface area contributed by atoms with Gasteiger partial charge >= 0.3 is 0 Å². The number of benzene rings is 1. The summed E-state index contributed by atoms with van der Waals surface area (Å²) < 4.78 is 0. The summed E-state index contributed by atoms with van der Waals surface area (Å²) in [4.78, 5) is 9.77. The van der Waals surface area contributed by atoms with Gasteiger partial charge in [-0.05, 0) is 64.0 Å². The lowest BCUT2D eigenvalue weighted by molar-refractivity contribution is 0.292. The minimum Gasteiger partial charge on any atom is -0.370 e. The van der Waals surface area contributed by atoms with Gasteiger partial charge in [-0.15, -0.1) is 24.0 Å². The highest BCUT2D eigenvalue weighted by Crippen LogP contribution is 2.20. The van der Waals surface area contributed by atoms with Gasteiger partial charge < -0.3 is 20.4 Å². The van der Waals surface area contributed by atoms with Crippen LogP contribution in [0.1, 0.15) is 46.1 Å². The Hall–Kier alpha value is -0.670. The first-order valence-corrected chi connectivity index (χ1v) is 12.5. The van der Waals surface area contributed by atoms with Crippen LogP contribution in [0.25, 0.3) is 0 Å². The molecule has 1 aliphatic heterocycles. The lowest BCUT2D eigenvalue weighted by Crippen LogP contribution is -2.42. The average molecular weight is 548 g/mol. The van der Waals surface area contributed by atoms with E-state index in [1.54, 1.807) is 0 Å². The van der Waals surface area contributed by atoms with Crippen LogP contribution in [0, 0.1) is 0 Å². The fourth-order valence-electron chi connectivity index (χ4n) is 3.59. The molecule has 0 bridgehead atoms. The second-order valence-corrected chi connectivity index (χ2v) is 8.90. The molecule has 2 rings (SSSR count). The molecule has 0 aromatic heterocycles. The first-order chi connectivity index (χ1) is 14.2. The molecule has 2 N–H and O–H groups in total. The standard InChI is InChI=1S/C23H41N5S.HI/c1-5-24-23(26-20(4)9-8-14-27(6-2)7-3)25-19-21-10-12-22(13-11-21)28-15-17-29-18-16-28;/h10-13,20H,5-9,14-19H2,1-4H3,(H2,24,25,26);1H. The minimum atomic E-state index is 0. The van der Waals surface area contributed by atoms with Crippen molar-refractivity contribution in [1.82, 2.24) is 15.5 Å². The average Bonchev–Trinajstić information content (AvgIpc) is 2.76.